The van der Waals surface area contributed by atoms with E-state index in [-0.39, 0.29) is 0 Å². The molecular weight excluding hydrogens is 368 g/mol. The molecule has 3 aromatic rings. The molecule has 1 saturated heterocycles. The van der Waals surface area contributed by atoms with E-state index in [0.717, 1.165) is 41.6 Å². The van der Waals surface area contributed by atoms with E-state index < -0.39 is 0 Å². The number of pyridine rings is 1. The van der Waals surface area contributed by atoms with Crippen molar-refractivity contribution in [3.63, 3.8) is 0 Å². The van der Waals surface area contributed by atoms with Gasteiger partial charge in [-0.2, -0.15) is 0 Å². The molecule has 4 heteroatoms. The first-order valence-corrected chi connectivity index (χ1v) is 10.3. The summed E-state index contributed by atoms with van der Waals surface area (Å²) in [4.78, 5) is 7.07. The van der Waals surface area contributed by atoms with Crippen LogP contribution in [0.1, 0.15) is 24.0 Å². The molecule has 0 bridgehead atoms. The average Bonchev–Trinajstić information content (AvgIpc) is 3.24. The molecule has 1 aliphatic heterocycles. The van der Waals surface area contributed by atoms with E-state index in [4.69, 9.17) is 16.3 Å². The van der Waals surface area contributed by atoms with E-state index in [1.807, 2.05) is 30.5 Å². The molecule has 1 fully saturated rings. The highest BCUT2D eigenvalue weighted by Gasteiger charge is 2.10. The van der Waals surface area contributed by atoms with Gasteiger partial charge in [-0.25, -0.2) is 0 Å². The minimum absolute atomic E-state index is 0.740. The SMILES string of the molecule is Clc1ccc(-c2ccc(Cc3ccc(OCCN4CCCC4)cc3)cn2)cc1. The van der Waals surface area contributed by atoms with Crippen LogP contribution in [-0.2, 0) is 6.42 Å². The van der Waals surface area contributed by atoms with Crippen LogP contribution in [0.15, 0.2) is 66.9 Å². The van der Waals surface area contributed by atoms with Gasteiger partial charge in [0.05, 0.1) is 5.69 Å². The number of ether oxygens (including phenoxy) is 1. The van der Waals surface area contributed by atoms with Crippen molar-refractivity contribution in [3.05, 3.63) is 83.0 Å². The van der Waals surface area contributed by atoms with Crippen LogP contribution in [0, 0.1) is 0 Å². The Morgan fingerprint density at radius 3 is 2.25 bits per heavy atom. The van der Waals surface area contributed by atoms with Crippen LogP contribution in [0.25, 0.3) is 11.3 Å². The molecule has 0 unspecified atom stereocenters. The van der Waals surface area contributed by atoms with Crippen LogP contribution in [0.2, 0.25) is 5.02 Å². The van der Waals surface area contributed by atoms with Gasteiger partial charge < -0.3 is 4.74 Å². The normalized spacial score (nSPS) is 14.3. The van der Waals surface area contributed by atoms with Crippen LogP contribution in [0.5, 0.6) is 5.75 Å². The summed E-state index contributed by atoms with van der Waals surface area (Å²) in [5, 5.41) is 0.740. The van der Waals surface area contributed by atoms with Gasteiger partial charge in [0.25, 0.3) is 0 Å². The van der Waals surface area contributed by atoms with E-state index in [1.54, 1.807) is 0 Å². The highest BCUT2D eigenvalue weighted by atomic mass is 35.5. The predicted molar refractivity (Wildman–Crippen MR) is 115 cm³/mol. The number of benzene rings is 2. The summed E-state index contributed by atoms with van der Waals surface area (Å²) in [6.45, 7) is 4.21. The van der Waals surface area contributed by atoms with Gasteiger partial charge in [0.2, 0.25) is 0 Å². The second-order valence-electron chi connectivity index (χ2n) is 7.28. The average molecular weight is 393 g/mol. The summed E-state index contributed by atoms with van der Waals surface area (Å²) in [6, 6.07) is 20.4. The fourth-order valence-corrected chi connectivity index (χ4v) is 3.68. The largest absolute Gasteiger partial charge is 0.492 e. The molecule has 0 spiro atoms. The van der Waals surface area contributed by atoms with Gasteiger partial charge in [-0.3, -0.25) is 9.88 Å². The van der Waals surface area contributed by atoms with Gasteiger partial charge in [-0.15, -0.1) is 0 Å². The zero-order valence-corrected chi connectivity index (χ0v) is 16.7. The number of nitrogens with zero attached hydrogens (tertiary/aromatic N) is 2. The Hall–Kier alpha value is -2.36. The summed E-state index contributed by atoms with van der Waals surface area (Å²) in [5.41, 5.74) is 4.49. The maximum atomic E-state index is 5.95. The summed E-state index contributed by atoms with van der Waals surface area (Å²) in [7, 11) is 0. The summed E-state index contributed by atoms with van der Waals surface area (Å²) >= 11 is 5.95. The van der Waals surface area contributed by atoms with E-state index in [2.05, 4.69) is 46.3 Å². The Bertz CT molecular complexity index is 870. The van der Waals surface area contributed by atoms with Crippen molar-refractivity contribution in [1.82, 2.24) is 9.88 Å². The minimum Gasteiger partial charge on any atom is -0.492 e. The summed E-state index contributed by atoms with van der Waals surface area (Å²) in [6.07, 6.45) is 5.46. The number of hydrogen-bond acceptors (Lipinski definition) is 3. The Labute approximate surface area is 171 Å². The second kappa shape index (κ2) is 9.22. The molecule has 1 aliphatic rings. The van der Waals surface area contributed by atoms with Gasteiger partial charge in [0, 0.05) is 23.3 Å². The second-order valence-corrected chi connectivity index (χ2v) is 7.71. The first-order valence-electron chi connectivity index (χ1n) is 9.91. The standard InChI is InChI=1S/C24H25ClN2O/c25-22-8-6-21(7-9-22)24-12-5-20(18-26-24)17-19-3-10-23(11-4-19)28-16-15-27-13-1-2-14-27/h3-12,18H,1-2,13-17H2. The van der Waals surface area contributed by atoms with Crippen molar-refractivity contribution in [1.29, 1.82) is 0 Å². The van der Waals surface area contributed by atoms with Gasteiger partial charge in [0.15, 0.2) is 0 Å². The van der Waals surface area contributed by atoms with Gasteiger partial charge in [0.1, 0.15) is 12.4 Å². The zero-order valence-electron chi connectivity index (χ0n) is 16.0. The van der Waals surface area contributed by atoms with Crippen molar-refractivity contribution in [2.75, 3.05) is 26.2 Å². The smallest absolute Gasteiger partial charge is 0.119 e. The number of rotatable bonds is 7. The van der Waals surface area contributed by atoms with Crippen molar-refractivity contribution >= 4 is 11.6 Å². The van der Waals surface area contributed by atoms with Gasteiger partial charge in [-0.05, 0) is 73.8 Å². The van der Waals surface area contributed by atoms with Crippen LogP contribution >= 0.6 is 11.6 Å². The van der Waals surface area contributed by atoms with Crippen LogP contribution in [-0.4, -0.2) is 36.1 Å². The third-order valence-corrected chi connectivity index (χ3v) is 5.42. The summed E-state index contributed by atoms with van der Waals surface area (Å²) < 4.78 is 5.88. The lowest BCUT2D eigenvalue weighted by Crippen LogP contribution is -2.25. The van der Waals surface area contributed by atoms with Crippen molar-refractivity contribution in [2.24, 2.45) is 0 Å². The molecule has 0 aliphatic carbocycles. The summed E-state index contributed by atoms with van der Waals surface area (Å²) in [5.74, 6) is 0.944. The van der Waals surface area contributed by atoms with Crippen LogP contribution in [0.3, 0.4) is 0 Å². The number of halogens is 1. The number of likely N-dealkylation sites (tertiary alicyclic amines) is 1. The maximum absolute atomic E-state index is 5.95. The van der Waals surface area contributed by atoms with Crippen molar-refractivity contribution < 1.29 is 4.74 Å². The van der Waals surface area contributed by atoms with E-state index in [0.29, 0.717) is 0 Å². The van der Waals surface area contributed by atoms with Gasteiger partial charge in [-0.1, -0.05) is 41.9 Å². The quantitative estimate of drug-likeness (QED) is 0.533. The Morgan fingerprint density at radius 1 is 0.857 bits per heavy atom. The van der Waals surface area contributed by atoms with Crippen molar-refractivity contribution in [3.8, 4) is 17.0 Å². The topological polar surface area (TPSA) is 25.4 Å². The third-order valence-electron chi connectivity index (χ3n) is 5.17. The molecule has 0 amide bonds. The molecular formula is C24H25ClN2O. The zero-order chi connectivity index (χ0) is 19.2. The molecule has 28 heavy (non-hydrogen) atoms. The van der Waals surface area contributed by atoms with Crippen LogP contribution < -0.4 is 4.74 Å². The lowest BCUT2D eigenvalue weighted by Gasteiger charge is -2.15. The lowest BCUT2D eigenvalue weighted by molar-refractivity contribution is 0.238. The number of hydrogen-bond donors (Lipinski definition) is 0. The molecule has 3 nitrogen and oxygen atoms in total. The molecule has 0 atom stereocenters. The van der Waals surface area contributed by atoms with E-state index in [1.165, 1.54) is 37.1 Å². The highest BCUT2D eigenvalue weighted by Crippen LogP contribution is 2.21. The molecule has 4 rings (SSSR count). The highest BCUT2D eigenvalue weighted by molar-refractivity contribution is 6.30. The monoisotopic (exact) mass is 392 g/mol. The fraction of sp³-hybridized carbons (Fsp3) is 0.292. The third kappa shape index (κ3) is 5.12. The molecule has 0 radical (unpaired) electrons. The number of aromatic nitrogens is 1. The predicted octanol–water partition coefficient (Wildman–Crippen LogP) is 5.47. The first-order chi connectivity index (χ1) is 13.8. The molecule has 0 saturated carbocycles. The van der Waals surface area contributed by atoms with Crippen LogP contribution in [0.4, 0.5) is 0 Å². The molecule has 2 aromatic carbocycles. The Balaban J connectivity index is 1.30. The van der Waals surface area contributed by atoms with Gasteiger partial charge >= 0.3 is 0 Å². The van der Waals surface area contributed by atoms with E-state index >= 15 is 0 Å². The molecule has 2 heterocycles. The Kier molecular flexibility index (Phi) is 6.25. The molecule has 144 valence electrons. The maximum Gasteiger partial charge on any atom is 0.119 e. The van der Waals surface area contributed by atoms with E-state index in [9.17, 15) is 0 Å². The Morgan fingerprint density at radius 2 is 1.57 bits per heavy atom. The fourth-order valence-electron chi connectivity index (χ4n) is 3.56. The van der Waals surface area contributed by atoms with Crippen molar-refractivity contribution in [2.45, 2.75) is 19.3 Å². The molecule has 0 N–H and O–H groups in total. The lowest BCUT2D eigenvalue weighted by atomic mass is 10.1. The minimum atomic E-state index is 0.740. The molecule has 1 aromatic heterocycles. The first kappa shape index (κ1) is 19.0.